The first-order chi connectivity index (χ1) is 10.6. The lowest BCUT2D eigenvalue weighted by Crippen LogP contribution is -2.41. The minimum atomic E-state index is -0.444. The lowest BCUT2D eigenvalue weighted by atomic mass is 10.0. The van der Waals surface area contributed by atoms with Crippen LogP contribution in [0.15, 0.2) is 30.5 Å². The van der Waals surface area contributed by atoms with E-state index in [1.165, 1.54) is 0 Å². The Morgan fingerprint density at radius 3 is 2.82 bits per heavy atom. The molecule has 1 saturated heterocycles. The fraction of sp³-hybridized carbons (Fsp3) is 0.312. The first kappa shape index (κ1) is 14.3. The number of fused-ring (bicyclic) bond motifs is 3. The Kier molecular flexibility index (Phi) is 3.50. The number of nitrogens with one attached hydrogen (secondary N) is 1. The number of rotatable bonds is 1. The zero-order valence-electron chi connectivity index (χ0n) is 11.8. The predicted octanol–water partition coefficient (Wildman–Crippen LogP) is 3.39. The Morgan fingerprint density at radius 1 is 1.18 bits per heavy atom. The smallest absolute Gasteiger partial charge is 0.141 e. The van der Waals surface area contributed by atoms with E-state index in [0.717, 1.165) is 34.9 Å². The first-order valence-electron chi connectivity index (χ1n) is 7.28. The third-order valence-electron chi connectivity index (χ3n) is 4.32. The van der Waals surface area contributed by atoms with Crippen LogP contribution in [-0.4, -0.2) is 33.9 Å². The van der Waals surface area contributed by atoms with Gasteiger partial charge in [0, 0.05) is 28.5 Å². The molecule has 4 nitrogen and oxygen atoms in total. The number of halogens is 2. The van der Waals surface area contributed by atoms with Crippen LogP contribution in [0.2, 0.25) is 10.0 Å². The van der Waals surface area contributed by atoms with Crippen molar-refractivity contribution in [3.8, 4) is 0 Å². The van der Waals surface area contributed by atoms with Crippen LogP contribution in [0.4, 0.5) is 0 Å². The van der Waals surface area contributed by atoms with Crippen molar-refractivity contribution in [2.24, 2.45) is 0 Å². The van der Waals surface area contributed by atoms with Gasteiger partial charge in [0.25, 0.3) is 0 Å². The van der Waals surface area contributed by atoms with E-state index < -0.39 is 6.10 Å². The molecule has 0 amide bonds. The molecule has 0 spiro atoms. The maximum atomic E-state index is 10.4. The largest absolute Gasteiger partial charge is 0.390 e. The van der Waals surface area contributed by atoms with E-state index in [1.54, 1.807) is 6.20 Å². The average Bonchev–Trinajstić information content (AvgIpc) is 2.81. The van der Waals surface area contributed by atoms with E-state index in [9.17, 15) is 5.11 Å². The van der Waals surface area contributed by atoms with Gasteiger partial charge < -0.3 is 15.0 Å². The molecule has 4 rings (SSSR count). The van der Waals surface area contributed by atoms with Gasteiger partial charge in [-0.25, -0.2) is 4.98 Å². The normalized spacial score (nSPS) is 22.5. The SMILES string of the molecule is O[C@@H]1CNCC[C@H]1n1c2ccc(Cl)cc2c2cc(Cl)cnc21. The van der Waals surface area contributed by atoms with Crippen molar-refractivity contribution < 1.29 is 5.11 Å². The molecule has 114 valence electrons. The molecule has 2 N–H and O–H groups in total. The molecular formula is C16H15Cl2N3O. The second-order valence-corrected chi connectivity index (χ2v) is 6.56. The summed E-state index contributed by atoms with van der Waals surface area (Å²) in [5.74, 6) is 0. The number of nitrogens with zero attached hydrogens (tertiary/aromatic N) is 2. The van der Waals surface area contributed by atoms with Gasteiger partial charge in [0.15, 0.2) is 0 Å². The number of aromatic nitrogens is 2. The summed E-state index contributed by atoms with van der Waals surface area (Å²) in [6.07, 6.45) is 2.06. The minimum Gasteiger partial charge on any atom is -0.390 e. The van der Waals surface area contributed by atoms with Crippen LogP contribution in [0.1, 0.15) is 12.5 Å². The second kappa shape index (κ2) is 5.39. The molecule has 2 atom stereocenters. The summed E-state index contributed by atoms with van der Waals surface area (Å²) in [6, 6.07) is 7.69. The van der Waals surface area contributed by atoms with E-state index in [0.29, 0.717) is 16.6 Å². The molecule has 0 bridgehead atoms. The van der Waals surface area contributed by atoms with Crippen LogP contribution in [0.25, 0.3) is 21.9 Å². The molecule has 2 aromatic heterocycles. The van der Waals surface area contributed by atoms with Gasteiger partial charge in [0.05, 0.1) is 22.7 Å². The van der Waals surface area contributed by atoms with Crippen molar-refractivity contribution >= 4 is 45.1 Å². The van der Waals surface area contributed by atoms with Gasteiger partial charge >= 0.3 is 0 Å². The molecule has 0 saturated carbocycles. The molecule has 22 heavy (non-hydrogen) atoms. The van der Waals surface area contributed by atoms with Gasteiger partial charge in [-0.2, -0.15) is 0 Å². The zero-order valence-corrected chi connectivity index (χ0v) is 13.3. The molecule has 3 aromatic rings. The summed E-state index contributed by atoms with van der Waals surface area (Å²) >= 11 is 12.3. The van der Waals surface area contributed by atoms with Crippen molar-refractivity contribution in [3.63, 3.8) is 0 Å². The van der Waals surface area contributed by atoms with Crippen molar-refractivity contribution in [3.05, 3.63) is 40.5 Å². The predicted molar refractivity (Wildman–Crippen MR) is 89.8 cm³/mol. The van der Waals surface area contributed by atoms with Crippen molar-refractivity contribution in [2.45, 2.75) is 18.6 Å². The zero-order chi connectivity index (χ0) is 15.3. The monoisotopic (exact) mass is 335 g/mol. The third kappa shape index (κ3) is 2.18. The Labute approximate surface area is 137 Å². The van der Waals surface area contributed by atoms with Gasteiger partial charge in [-0.1, -0.05) is 23.2 Å². The quantitative estimate of drug-likeness (QED) is 0.716. The number of pyridine rings is 1. The van der Waals surface area contributed by atoms with E-state index in [-0.39, 0.29) is 6.04 Å². The maximum absolute atomic E-state index is 10.4. The summed E-state index contributed by atoms with van der Waals surface area (Å²) in [6.45, 7) is 1.47. The van der Waals surface area contributed by atoms with E-state index in [4.69, 9.17) is 23.2 Å². The fourth-order valence-corrected chi connectivity index (χ4v) is 3.67. The molecular weight excluding hydrogens is 321 g/mol. The molecule has 1 fully saturated rings. The molecule has 1 aliphatic heterocycles. The number of aliphatic hydroxyl groups excluding tert-OH is 1. The number of hydrogen-bond donors (Lipinski definition) is 2. The maximum Gasteiger partial charge on any atom is 0.141 e. The minimum absolute atomic E-state index is 0.00361. The van der Waals surface area contributed by atoms with Gasteiger partial charge in [0.1, 0.15) is 5.65 Å². The molecule has 1 aromatic carbocycles. The number of piperidine rings is 1. The van der Waals surface area contributed by atoms with Crippen molar-refractivity contribution in [1.82, 2.24) is 14.9 Å². The standard InChI is InChI=1S/C16H15Cl2N3O/c17-9-1-2-13-11(5-9)12-6-10(18)7-20-16(12)21(13)14-3-4-19-8-15(14)22/h1-2,5-7,14-15,19,22H,3-4,8H2/t14-,15-/m1/s1. The lowest BCUT2D eigenvalue weighted by molar-refractivity contribution is 0.0910. The summed E-state index contributed by atoms with van der Waals surface area (Å²) in [5, 5.41) is 16.9. The van der Waals surface area contributed by atoms with Crippen LogP contribution >= 0.6 is 23.2 Å². The topological polar surface area (TPSA) is 50.1 Å². The van der Waals surface area contributed by atoms with E-state index in [2.05, 4.69) is 14.9 Å². The Hall–Kier alpha value is -1.33. The van der Waals surface area contributed by atoms with E-state index >= 15 is 0 Å². The van der Waals surface area contributed by atoms with Gasteiger partial charge in [-0.3, -0.25) is 0 Å². The highest BCUT2D eigenvalue weighted by Crippen LogP contribution is 2.36. The lowest BCUT2D eigenvalue weighted by Gasteiger charge is -2.30. The number of β-amino-alcohol motifs (C(OH)–C–C–N with tert-alkyl or cyclic N) is 1. The van der Waals surface area contributed by atoms with Crippen molar-refractivity contribution in [1.29, 1.82) is 0 Å². The highest BCUT2D eigenvalue weighted by molar-refractivity contribution is 6.33. The number of aliphatic hydroxyl groups is 1. The van der Waals surface area contributed by atoms with Crippen LogP contribution in [0, 0.1) is 0 Å². The first-order valence-corrected chi connectivity index (χ1v) is 8.04. The highest BCUT2D eigenvalue weighted by Gasteiger charge is 2.28. The van der Waals surface area contributed by atoms with Gasteiger partial charge in [0.2, 0.25) is 0 Å². The van der Waals surface area contributed by atoms with Crippen LogP contribution in [0.5, 0.6) is 0 Å². The summed E-state index contributed by atoms with van der Waals surface area (Å²) < 4.78 is 2.13. The van der Waals surface area contributed by atoms with Crippen LogP contribution in [0.3, 0.4) is 0 Å². The van der Waals surface area contributed by atoms with E-state index in [1.807, 2.05) is 24.3 Å². The van der Waals surface area contributed by atoms with Crippen LogP contribution < -0.4 is 5.32 Å². The number of hydrogen-bond acceptors (Lipinski definition) is 3. The Morgan fingerprint density at radius 2 is 2.00 bits per heavy atom. The van der Waals surface area contributed by atoms with Crippen molar-refractivity contribution in [2.75, 3.05) is 13.1 Å². The molecule has 3 heterocycles. The van der Waals surface area contributed by atoms with Crippen LogP contribution in [-0.2, 0) is 0 Å². The molecule has 0 unspecified atom stereocenters. The average molecular weight is 336 g/mol. The Balaban J connectivity index is 2.06. The third-order valence-corrected chi connectivity index (χ3v) is 4.76. The highest BCUT2D eigenvalue weighted by atomic mass is 35.5. The summed E-state index contributed by atoms with van der Waals surface area (Å²) in [4.78, 5) is 4.51. The summed E-state index contributed by atoms with van der Waals surface area (Å²) in [7, 11) is 0. The second-order valence-electron chi connectivity index (χ2n) is 5.68. The summed E-state index contributed by atoms with van der Waals surface area (Å²) in [5.41, 5.74) is 1.87. The van der Waals surface area contributed by atoms with Gasteiger partial charge in [-0.05, 0) is 37.2 Å². The molecule has 0 radical (unpaired) electrons. The molecule has 0 aliphatic carbocycles. The number of benzene rings is 1. The van der Waals surface area contributed by atoms with Gasteiger partial charge in [-0.15, -0.1) is 0 Å². The fourth-order valence-electron chi connectivity index (χ4n) is 3.34. The molecule has 1 aliphatic rings. The molecule has 6 heteroatoms. The Bertz CT molecular complexity index is 802.